The van der Waals surface area contributed by atoms with Gasteiger partial charge in [0.25, 0.3) is 0 Å². The summed E-state index contributed by atoms with van der Waals surface area (Å²) in [7, 11) is 0. The minimum Gasteiger partial charge on any atom is -0.489 e. The molecule has 2 aromatic rings. The molecule has 0 unspecified atom stereocenters. The molecule has 2 nitrogen and oxygen atoms in total. The van der Waals surface area contributed by atoms with Gasteiger partial charge in [0.1, 0.15) is 12.4 Å². The molecule has 0 aromatic heterocycles. The Hall–Kier alpha value is -1.61. The van der Waals surface area contributed by atoms with E-state index >= 15 is 0 Å². The Morgan fingerprint density at radius 2 is 1.86 bits per heavy atom. The zero-order valence-corrected chi connectivity index (χ0v) is 13.4. The van der Waals surface area contributed by atoms with Crippen LogP contribution in [-0.2, 0) is 18.4 Å². The predicted octanol–water partition coefficient (Wildman–Crippen LogP) is 4.68. The third kappa shape index (κ3) is 3.03. The molecule has 0 N–H and O–H groups in total. The first-order chi connectivity index (χ1) is 10.3. The van der Waals surface area contributed by atoms with E-state index in [-0.39, 0.29) is 5.78 Å². The van der Waals surface area contributed by atoms with E-state index in [9.17, 15) is 4.79 Å². The number of hydrogen-bond acceptors (Lipinski definition) is 2. The summed E-state index contributed by atoms with van der Waals surface area (Å²) in [5, 5.41) is 0.716. The van der Waals surface area contributed by atoms with Crippen LogP contribution < -0.4 is 4.74 Å². The van der Waals surface area contributed by atoms with Crippen LogP contribution in [0.2, 0.25) is 0 Å². The molecule has 0 bridgehead atoms. The molecule has 0 fully saturated rings. The summed E-state index contributed by atoms with van der Waals surface area (Å²) in [5.74, 6) is 1.14. The van der Waals surface area contributed by atoms with Gasteiger partial charge in [-0.05, 0) is 36.1 Å². The number of carbonyl (C=O) groups is 1. The van der Waals surface area contributed by atoms with Crippen LogP contribution in [0.1, 0.15) is 39.9 Å². The monoisotopic (exact) mass is 344 g/mol. The van der Waals surface area contributed by atoms with E-state index in [4.69, 9.17) is 4.74 Å². The van der Waals surface area contributed by atoms with Gasteiger partial charge in [0.2, 0.25) is 0 Å². The van der Waals surface area contributed by atoms with E-state index in [1.807, 2.05) is 30.3 Å². The summed E-state index contributed by atoms with van der Waals surface area (Å²) in [6.45, 7) is 0.549. The van der Waals surface area contributed by atoms with Crippen molar-refractivity contribution in [1.29, 1.82) is 0 Å². The Balaban J connectivity index is 1.87. The maximum Gasteiger partial charge on any atom is 0.163 e. The van der Waals surface area contributed by atoms with E-state index in [0.717, 1.165) is 40.8 Å². The Kier molecular flexibility index (Phi) is 4.39. The van der Waals surface area contributed by atoms with Crippen LogP contribution in [-0.4, -0.2) is 5.78 Å². The van der Waals surface area contributed by atoms with Crippen LogP contribution >= 0.6 is 15.9 Å². The van der Waals surface area contributed by atoms with Gasteiger partial charge in [-0.15, -0.1) is 0 Å². The van der Waals surface area contributed by atoms with E-state index in [0.29, 0.717) is 18.4 Å². The summed E-state index contributed by atoms with van der Waals surface area (Å²) < 4.78 is 5.97. The summed E-state index contributed by atoms with van der Waals surface area (Å²) in [4.78, 5) is 12.0. The number of fused-ring (bicyclic) bond motifs is 1. The van der Waals surface area contributed by atoms with E-state index < -0.39 is 0 Å². The van der Waals surface area contributed by atoms with Crippen molar-refractivity contribution in [3.8, 4) is 5.75 Å². The first-order valence-electron chi connectivity index (χ1n) is 7.20. The van der Waals surface area contributed by atoms with Gasteiger partial charge in [-0.2, -0.15) is 0 Å². The first-order valence-corrected chi connectivity index (χ1v) is 8.32. The summed E-state index contributed by atoms with van der Waals surface area (Å²) in [6, 6.07) is 14.0. The molecule has 108 valence electrons. The van der Waals surface area contributed by atoms with Crippen molar-refractivity contribution in [2.24, 2.45) is 0 Å². The molecule has 0 atom stereocenters. The highest BCUT2D eigenvalue weighted by molar-refractivity contribution is 9.08. The molecule has 1 aliphatic rings. The standard InChI is InChI=1S/C18H17BrO2/c19-11-16-14-7-4-8-17(20)15(14)9-10-18(16)21-12-13-5-2-1-3-6-13/h1-3,5-6,9-10H,4,7-8,11-12H2. The van der Waals surface area contributed by atoms with Crippen LogP contribution in [0.5, 0.6) is 5.75 Å². The van der Waals surface area contributed by atoms with Gasteiger partial charge in [-0.25, -0.2) is 0 Å². The number of alkyl halides is 1. The third-order valence-corrected chi connectivity index (χ3v) is 4.45. The van der Waals surface area contributed by atoms with Crippen molar-refractivity contribution >= 4 is 21.7 Å². The van der Waals surface area contributed by atoms with E-state index in [1.165, 1.54) is 0 Å². The maximum absolute atomic E-state index is 12.0. The van der Waals surface area contributed by atoms with Crippen LogP contribution in [0, 0.1) is 0 Å². The molecule has 0 radical (unpaired) electrons. The second-order valence-electron chi connectivity index (χ2n) is 5.25. The minimum absolute atomic E-state index is 0.257. The second-order valence-corrected chi connectivity index (χ2v) is 5.81. The Morgan fingerprint density at radius 1 is 1.05 bits per heavy atom. The lowest BCUT2D eigenvalue weighted by Gasteiger charge is -2.20. The van der Waals surface area contributed by atoms with Gasteiger partial charge in [-0.3, -0.25) is 4.79 Å². The number of ketones is 1. The zero-order valence-electron chi connectivity index (χ0n) is 11.8. The normalized spacial score (nSPS) is 13.9. The first kappa shape index (κ1) is 14.3. The molecule has 0 saturated heterocycles. The smallest absolute Gasteiger partial charge is 0.163 e. The molecular formula is C18H17BrO2. The maximum atomic E-state index is 12.0. The molecular weight excluding hydrogens is 328 g/mol. The molecule has 1 aliphatic carbocycles. The topological polar surface area (TPSA) is 26.3 Å². The van der Waals surface area contributed by atoms with Crippen molar-refractivity contribution < 1.29 is 9.53 Å². The Labute approximate surface area is 133 Å². The predicted molar refractivity (Wildman–Crippen MR) is 87.1 cm³/mol. The molecule has 3 heteroatoms. The fourth-order valence-electron chi connectivity index (χ4n) is 2.80. The molecule has 0 saturated carbocycles. The van der Waals surface area contributed by atoms with Crippen molar-refractivity contribution in [3.05, 3.63) is 64.7 Å². The van der Waals surface area contributed by atoms with Crippen molar-refractivity contribution in [1.82, 2.24) is 0 Å². The van der Waals surface area contributed by atoms with Crippen LogP contribution in [0.15, 0.2) is 42.5 Å². The molecule has 21 heavy (non-hydrogen) atoms. The molecule has 3 rings (SSSR count). The van der Waals surface area contributed by atoms with Crippen LogP contribution in [0.3, 0.4) is 0 Å². The number of benzene rings is 2. The lowest BCUT2D eigenvalue weighted by atomic mass is 9.87. The van der Waals surface area contributed by atoms with Crippen molar-refractivity contribution in [3.63, 3.8) is 0 Å². The summed E-state index contributed by atoms with van der Waals surface area (Å²) in [5.41, 5.74) is 4.31. The fraction of sp³-hybridized carbons (Fsp3) is 0.278. The summed E-state index contributed by atoms with van der Waals surface area (Å²) in [6.07, 6.45) is 2.57. The highest BCUT2D eigenvalue weighted by Crippen LogP contribution is 2.33. The minimum atomic E-state index is 0.257. The highest BCUT2D eigenvalue weighted by Gasteiger charge is 2.21. The van der Waals surface area contributed by atoms with E-state index in [2.05, 4.69) is 28.1 Å². The van der Waals surface area contributed by atoms with Crippen LogP contribution in [0.4, 0.5) is 0 Å². The molecule has 0 spiro atoms. The SMILES string of the molecule is O=C1CCCc2c1ccc(OCc1ccccc1)c2CBr. The molecule has 0 heterocycles. The average Bonchev–Trinajstić information content (AvgIpc) is 2.53. The van der Waals surface area contributed by atoms with Crippen molar-refractivity contribution in [2.75, 3.05) is 0 Å². The molecule has 2 aromatic carbocycles. The molecule has 0 aliphatic heterocycles. The number of rotatable bonds is 4. The van der Waals surface area contributed by atoms with E-state index in [1.54, 1.807) is 0 Å². The third-order valence-electron chi connectivity index (χ3n) is 3.89. The summed E-state index contributed by atoms with van der Waals surface area (Å²) >= 11 is 3.54. The van der Waals surface area contributed by atoms with Gasteiger partial charge in [-0.1, -0.05) is 46.3 Å². The van der Waals surface area contributed by atoms with Gasteiger partial charge >= 0.3 is 0 Å². The molecule has 0 amide bonds. The Bertz CT molecular complexity index is 650. The van der Waals surface area contributed by atoms with Gasteiger partial charge < -0.3 is 4.74 Å². The fourth-order valence-corrected chi connectivity index (χ4v) is 3.41. The van der Waals surface area contributed by atoms with Gasteiger partial charge in [0.05, 0.1) is 0 Å². The largest absolute Gasteiger partial charge is 0.489 e. The zero-order chi connectivity index (χ0) is 14.7. The van der Waals surface area contributed by atoms with Crippen LogP contribution in [0.25, 0.3) is 0 Å². The Morgan fingerprint density at radius 3 is 2.62 bits per heavy atom. The van der Waals surface area contributed by atoms with Gasteiger partial charge in [0.15, 0.2) is 5.78 Å². The number of ether oxygens (including phenoxy) is 1. The second kappa shape index (κ2) is 6.44. The number of carbonyl (C=O) groups excluding carboxylic acids is 1. The number of halogens is 1. The van der Waals surface area contributed by atoms with Gasteiger partial charge in [0, 0.05) is 22.9 Å². The lowest BCUT2D eigenvalue weighted by Crippen LogP contribution is -2.13. The number of Topliss-reactive ketones (excluding diaryl/α,β-unsaturated/α-hetero) is 1. The van der Waals surface area contributed by atoms with Crippen molar-refractivity contribution in [2.45, 2.75) is 31.2 Å². The lowest BCUT2D eigenvalue weighted by molar-refractivity contribution is 0.0972. The highest BCUT2D eigenvalue weighted by atomic mass is 79.9. The number of hydrogen-bond donors (Lipinski definition) is 0. The quantitative estimate of drug-likeness (QED) is 0.752. The average molecular weight is 345 g/mol.